The first-order valence-electron chi connectivity index (χ1n) is 2.56. The summed E-state index contributed by atoms with van der Waals surface area (Å²) in [6.45, 7) is 0.481. The van der Waals surface area contributed by atoms with Crippen molar-refractivity contribution in [2.45, 2.75) is 12.5 Å². The zero-order chi connectivity index (χ0) is 7.11. The highest BCUT2D eigenvalue weighted by molar-refractivity contribution is 9.09. The van der Waals surface area contributed by atoms with Crippen molar-refractivity contribution in [3.05, 3.63) is 0 Å². The molecular formula is C5H8Br2O2. The Balaban J connectivity index is 3.28. The van der Waals surface area contributed by atoms with Crippen molar-refractivity contribution in [3.63, 3.8) is 0 Å². The molecule has 0 heterocycles. The first kappa shape index (κ1) is 9.43. The minimum atomic E-state index is 0.0156. The second-order valence-corrected chi connectivity index (χ2v) is 2.93. The van der Waals surface area contributed by atoms with Crippen LogP contribution in [0.5, 0.6) is 0 Å². The molecule has 0 aliphatic rings. The Morgan fingerprint density at radius 3 is 2.56 bits per heavy atom. The van der Waals surface area contributed by atoms with E-state index in [0.29, 0.717) is 11.8 Å². The molecule has 0 fully saturated rings. The van der Waals surface area contributed by atoms with Crippen LogP contribution in [0.1, 0.15) is 6.42 Å². The highest BCUT2D eigenvalue weighted by Crippen LogP contribution is 2.02. The normalized spacial score (nSPS) is 12.7. The van der Waals surface area contributed by atoms with E-state index in [1.54, 1.807) is 0 Å². The van der Waals surface area contributed by atoms with E-state index in [1.807, 2.05) is 0 Å². The van der Waals surface area contributed by atoms with E-state index >= 15 is 0 Å². The van der Waals surface area contributed by atoms with Gasteiger partial charge >= 0.3 is 0 Å². The number of carbonyl (C=O) groups is 1. The van der Waals surface area contributed by atoms with Crippen molar-refractivity contribution < 1.29 is 9.53 Å². The van der Waals surface area contributed by atoms with Gasteiger partial charge in [-0.05, 0) is 6.42 Å². The molecule has 0 saturated carbocycles. The van der Waals surface area contributed by atoms with Gasteiger partial charge in [-0.25, -0.2) is 0 Å². The molecule has 54 valence electrons. The SMILES string of the molecule is O=COC(CBr)CCBr. The van der Waals surface area contributed by atoms with Gasteiger partial charge in [0.05, 0.1) is 0 Å². The number of carbonyl (C=O) groups excluding carboxylic acids is 1. The lowest BCUT2D eigenvalue weighted by Gasteiger charge is -2.08. The molecule has 2 nitrogen and oxygen atoms in total. The maximum absolute atomic E-state index is 9.79. The number of alkyl halides is 2. The van der Waals surface area contributed by atoms with Gasteiger partial charge in [0, 0.05) is 10.7 Å². The average Bonchev–Trinajstić information content (AvgIpc) is 1.88. The number of rotatable bonds is 5. The predicted molar refractivity (Wildman–Crippen MR) is 43.1 cm³/mol. The molecule has 0 aliphatic carbocycles. The van der Waals surface area contributed by atoms with Gasteiger partial charge in [0.2, 0.25) is 0 Å². The molecule has 1 unspecified atom stereocenters. The molecule has 0 saturated heterocycles. The molecule has 4 heteroatoms. The number of hydrogen-bond donors (Lipinski definition) is 0. The Labute approximate surface area is 71.2 Å². The average molecular weight is 260 g/mol. The fourth-order valence-corrected chi connectivity index (χ4v) is 1.37. The quantitative estimate of drug-likeness (QED) is 0.555. The fourth-order valence-electron chi connectivity index (χ4n) is 0.382. The van der Waals surface area contributed by atoms with Crippen LogP contribution in [0, 0.1) is 0 Å². The van der Waals surface area contributed by atoms with Crippen LogP contribution in [0.15, 0.2) is 0 Å². The maximum Gasteiger partial charge on any atom is 0.293 e. The summed E-state index contributed by atoms with van der Waals surface area (Å²) in [5.41, 5.74) is 0. The molecule has 0 N–H and O–H groups in total. The second-order valence-electron chi connectivity index (χ2n) is 1.49. The van der Waals surface area contributed by atoms with E-state index in [0.717, 1.165) is 11.8 Å². The topological polar surface area (TPSA) is 26.3 Å². The summed E-state index contributed by atoms with van der Waals surface area (Å²) >= 11 is 6.46. The highest BCUT2D eigenvalue weighted by Gasteiger charge is 2.04. The predicted octanol–water partition coefficient (Wildman–Crippen LogP) is 1.71. The summed E-state index contributed by atoms with van der Waals surface area (Å²) in [7, 11) is 0. The van der Waals surface area contributed by atoms with Crippen molar-refractivity contribution in [2.75, 3.05) is 10.7 Å². The summed E-state index contributed by atoms with van der Waals surface area (Å²) in [5.74, 6) is 0. The van der Waals surface area contributed by atoms with Crippen molar-refractivity contribution in [1.29, 1.82) is 0 Å². The summed E-state index contributed by atoms with van der Waals surface area (Å²) in [5, 5.41) is 1.56. The van der Waals surface area contributed by atoms with E-state index in [2.05, 4.69) is 36.6 Å². The Morgan fingerprint density at radius 2 is 2.22 bits per heavy atom. The van der Waals surface area contributed by atoms with Crippen LogP contribution in [0.2, 0.25) is 0 Å². The van der Waals surface area contributed by atoms with Crippen molar-refractivity contribution in [2.24, 2.45) is 0 Å². The van der Waals surface area contributed by atoms with Gasteiger partial charge in [0.25, 0.3) is 6.47 Å². The third-order valence-electron chi connectivity index (χ3n) is 0.851. The van der Waals surface area contributed by atoms with Gasteiger partial charge in [-0.15, -0.1) is 0 Å². The van der Waals surface area contributed by atoms with Crippen LogP contribution in [0.4, 0.5) is 0 Å². The number of hydrogen-bond acceptors (Lipinski definition) is 2. The zero-order valence-electron chi connectivity index (χ0n) is 4.85. The summed E-state index contributed by atoms with van der Waals surface area (Å²) in [4.78, 5) is 9.79. The molecule has 0 amide bonds. The molecule has 0 aliphatic heterocycles. The Kier molecular flexibility index (Phi) is 6.86. The molecule has 9 heavy (non-hydrogen) atoms. The molecule has 1 atom stereocenters. The van der Waals surface area contributed by atoms with Gasteiger partial charge in [0.1, 0.15) is 6.10 Å². The molecule has 0 rings (SSSR count). The van der Waals surface area contributed by atoms with Crippen LogP contribution in [0.3, 0.4) is 0 Å². The van der Waals surface area contributed by atoms with Crippen molar-refractivity contribution >= 4 is 38.3 Å². The Bertz CT molecular complexity index is 77.4. The van der Waals surface area contributed by atoms with Crippen LogP contribution < -0.4 is 0 Å². The molecule has 0 aromatic heterocycles. The third-order valence-corrected chi connectivity index (χ3v) is 2.03. The van der Waals surface area contributed by atoms with Crippen LogP contribution in [-0.2, 0) is 9.53 Å². The summed E-state index contributed by atoms with van der Waals surface area (Å²) < 4.78 is 4.67. The van der Waals surface area contributed by atoms with Crippen molar-refractivity contribution in [3.8, 4) is 0 Å². The van der Waals surface area contributed by atoms with E-state index in [-0.39, 0.29) is 6.10 Å². The summed E-state index contributed by atoms with van der Waals surface area (Å²) in [6, 6.07) is 0. The van der Waals surface area contributed by atoms with E-state index in [4.69, 9.17) is 0 Å². The second kappa shape index (κ2) is 6.55. The molecule has 0 spiro atoms. The highest BCUT2D eigenvalue weighted by atomic mass is 79.9. The summed E-state index contributed by atoms with van der Waals surface area (Å²) in [6.07, 6.45) is 0.867. The lowest BCUT2D eigenvalue weighted by molar-refractivity contribution is -0.132. The monoisotopic (exact) mass is 258 g/mol. The zero-order valence-corrected chi connectivity index (χ0v) is 8.02. The maximum atomic E-state index is 9.79. The Hall–Kier alpha value is 0.430. The van der Waals surface area contributed by atoms with Crippen LogP contribution in [0.25, 0.3) is 0 Å². The van der Waals surface area contributed by atoms with Crippen LogP contribution in [-0.4, -0.2) is 23.2 Å². The lowest BCUT2D eigenvalue weighted by Crippen LogP contribution is -2.13. The molecule has 0 aromatic rings. The van der Waals surface area contributed by atoms with Gasteiger partial charge in [-0.2, -0.15) is 0 Å². The molecule has 0 bridgehead atoms. The standard InChI is InChI=1S/C5H8Br2O2/c6-2-1-5(3-7)9-4-8/h4-5H,1-3H2. The Morgan fingerprint density at radius 1 is 1.56 bits per heavy atom. The third kappa shape index (κ3) is 4.90. The van der Waals surface area contributed by atoms with E-state index in [9.17, 15) is 4.79 Å². The number of ether oxygens (including phenoxy) is 1. The van der Waals surface area contributed by atoms with Gasteiger partial charge in [-0.3, -0.25) is 4.79 Å². The fraction of sp³-hybridized carbons (Fsp3) is 0.800. The van der Waals surface area contributed by atoms with E-state index in [1.165, 1.54) is 0 Å². The smallest absolute Gasteiger partial charge is 0.293 e. The molecular weight excluding hydrogens is 252 g/mol. The first-order valence-corrected chi connectivity index (χ1v) is 4.80. The largest absolute Gasteiger partial charge is 0.464 e. The lowest BCUT2D eigenvalue weighted by atomic mass is 10.3. The minimum Gasteiger partial charge on any atom is -0.464 e. The van der Waals surface area contributed by atoms with Crippen LogP contribution >= 0.6 is 31.9 Å². The first-order chi connectivity index (χ1) is 4.35. The van der Waals surface area contributed by atoms with Gasteiger partial charge in [-0.1, -0.05) is 31.9 Å². The molecule has 0 radical (unpaired) electrons. The van der Waals surface area contributed by atoms with Gasteiger partial charge < -0.3 is 4.74 Å². The minimum absolute atomic E-state index is 0.0156. The molecule has 0 aromatic carbocycles. The number of halogens is 2. The van der Waals surface area contributed by atoms with E-state index < -0.39 is 0 Å². The van der Waals surface area contributed by atoms with Crippen molar-refractivity contribution in [1.82, 2.24) is 0 Å². The van der Waals surface area contributed by atoms with Gasteiger partial charge in [0.15, 0.2) is 0 Å².